The number of benzene rings is 2. The Morgan fingerprint density at radius 2 is 1.64 bits per heavy atom. The topological polar surface area (TPSA) is 75.3 Å². The lowest BCUT2D eigenvalue weighted by Crippen LogP contribution is -2.41. The molecule has 0 saturated heterocycles. The summed E-state index contributed by atoms with van der Waals surface area (Å²) in [7, 11) is -3.72. The molecule has 1 amide bonds. The molecule has 2 N–H and O–H groups in total. The van der Waals surface area contributed by atoms with Gasteiger partial charge in [0.05, 0.1) is 10.9 Å². The fraction of sp³-hybridized carbons (Fsp3) is 0.133. The maximum atomic E-state index is 12.1. The normalized spacial score (nSPS) is 12.6. The van der Waals surface area contributed by atoms with E-state index in [1.807, 2.05) is 0 Å². The summed E-state index contributed by atoms with van der Waals surface area (Å²) in [6.07, 6.45) is 0. The van der Waals surface area contributed by atoms with Crippen LogP contribution in [0.3, 0.4) is 0 Å². The third kappa shape index (κ3) is 4.40. The van der Waals surface area contributed by atoms with Gasteiger partial charge in [0.15, 0.2) is 0 Å². The molecule has 5 nitrogen and oxygen atoms in total. The number of carbonyl (C=O) groups excluding carboxylic acids is 1. The molecule has 2 aromatic carbocycles. The molecule has 2 rings (SSSR count). The summed E-state index contributed by atoms with van der Waals surface area (Å²) in [5.41, 5.74) is 0.596. The smallest absolute Gasteiger partial charge is 0.242 e. The first-order chi connectivity index (χ1) is 10.4. The highest BCUT2D eigenvalue weighted by Gasteiger charge is 2.21. The van der Waals surface area contributed by atoms with Gasteiger partial charge in [-0.1, -0.05) is 34.1 Å². The monoisotopic (exact) mass is 382 g/mol. The molecule has 116 valence electrons. The lowest BCUT2D eigenvalue weighted by atomic mass is 10.3. The van der Waals surface area contributed by atoms with Gasteiger partial charge in [-0.15, -0.1) is 0 Å². The molecular weight excluding hydrogens is 368 g/mol. The minimum atomic E-state index is -3.72. The van der Waals surface area contributed by atoms with E-state index in [4.69, 9.17) is 0 Å². The van der Waals surface area contributed by atoms with Crippen LogP contribution in [-0.2, 0) is 14.8 Å². The van der Waals surface area contributed by atoms with Crippen LogP contribution < -0.4 is 10.0 Å². The second kappa shape index (κ2) is 7.04. The molecule has 0 aliphatic heterocycles. The highest BCUT2D eigenvalue weighted by Crippen LogP contribution is 2.14. The van der Waals surface area contributed by atoms with Crippen LogP contribution in [0, 0.1) is 0 Å². The quantitative estimate of drug-likeness (QED) is 0.834. The molecule has 0 bridgehead atoms. The Balaban J connectivity index is 2.04. The van der Waals surface area contributed by atoms with Crippen molar-refractivity contribution >= 4 is 37.5 Å². The zero-order valence-electron chi connectivity index (χ0n) is 11.8. The Bertz CT molecular complexity index is 746. The van der Waals surface area contributed by atoms with Crippen molar-refractivity contribution in [1.29, 1.82) is 0 Å². The third-order valence-electron chi connectivity index (χ3n) is 2.89. The minimum Gasteiger partial charge on any atom is -0.325 e. The van der Waals surface area contributed by atoms with Gasteiger partial charge in [-0.2, -0.15) is 4.72 Å². The Morgan fingerprint density at radius 3 is 2.23 bits per heavy atom. The molecule has 0 aliphatic carbocycles. The van der Waals surface area contributed by atoms with Crippen LogP contribution in [0.15, 0.2) is 64.0 Å². The Kier molecular flexibility index (Phi) is 5.33. The van der Waals surface area contributed by atoms with Gasteiger partial charge in [-0.25, -0.2) is 8.42 Å². The fourth-order valence-electron chi connectivity index (χ4n) is 1.74. The van der Waals surface area contributed by atoms with Crippen LogP contribution in [0.5, 0.6) is 0 Å². The van der Waals surface area contributed by atoms with Gasteiger partial charge < -0.3 is 5.32 Å². The second-order valence-electron chi connectivity index (χ2n) is 4.65. The van der Waals surface area contributed by atoms with E-state index in [0.717, 1.165) is 4.47 Å². The van der Waals surface area contributed by atoms with Crippen molar-refractivity contribution in [2.45, 2.75) is 17.9 Å². The maximum Gasteiger partial charge on any atom is 0.242 e. The van der Waals surface area contributed by atoms with E-state index in [1.165, 1.54) is 19.1 Å². The molecule has 0 unspecified atom stereocenters. The van der Waals surface area contributed by atoms with E-state index in [-0.39, 0.29) is 4.90 Å². The molecule has 2 aromatic rings. The summed E-state index contributed by atoms with van der Waals surface area (Å²) in [6.45, 7) is 1.49. The van der Waals surface area contributed by atoms with Gasteiger partial charge in [0, 0.05) is 10.2 Å². The summed E-state index contributed by atoms with van der Waals surface area (Å²) in [5, 5.41) is 2.66. The van der Waals surface area contributed by atoms with Crippen LogP contribution in [0.2, 0.25) is 0 Å². The fourth-order valence-corrected chi connectivity index (χ4v) is 3.23. The molecule has 0 aromatic heterocycles. The number of hydrogen-bond acceptors (Lipinski definition) is 3. The standard InChI is InChI=1S/C15H15BrN2O3S/c1-11(15(19)17-13-9-7-12(16)8-10-13)18-22(20,21)14-5-3-2-4-6-14/h2-11,18H,1H3,(H,17,19)/t11-/m1/s1. The van der Waals surface area contributed by atoms with Crippen molar-refractivity contribution < 1.29 is 13.2 Å². The van der Waals surface area contributed by atoms with Crippen LogP contribution in [0.25, 0.3) is 0 Å². The van der Waals surface area contributed by atoms with E-state index >= 15 is 0 Å². The van der Waals surface area contributed by atoms with Crippen LogP contribution in [0.4, 0.5) is 5.69 Å². The SMILES string of the molecule is C[C@@H](NS(=O)(=O)c1ccccc1)C(=O)Nc1ccc(Br)cc1. The number of sulfonamides is 1. The van der Waals surface area contributed by atoms with Crippen LogP contribution in [0.1, 0.15) is 6.92 Å². The van der Waals surface area contributed by atoms with Gasteiger partial charge in [-0.05, 0) is 43.3 Å². The second-order valence-corrected chi connectivity index (χ2v) is 7.28. The molecule has 0 spiro atoms. The summed E-state index contributed by atoms with van der Waals surface area (Å²) >= 11 is 3.30. The number of carbonyl (C=O) groups is 1. The first-order valence-electron chi connectivity index (χ1n) is 6.52. The molecule has 22 heavy (non-hydrogen) atoms. The van der Waals surface area contributed by atoms with Crippen LogP contribution >= 0.6 is 15.9 Å². The third-order valence-corrected chi connectivity index (χ3v) is 4.98. The Morgan fingerprint density at radius 1 is 1.05 bits per heavy atom. The van der Waals surface area contributed by atoms with Crippen molar-refractivity contribution in [1.82, 2.24) is 4.72 Å². The molecule has 0 aliphatic rings. The molecule has 0 radical (unpaired) electrons. The predicted octanol–water partition coefficient (Wildman–Crippen LogP) is 2.75. The molecule has 0 saturated carbocycles. The number of nitrogens with one attached hydrogen (secondary N) is 2. The first-order valence-corrected chi connectivity index (χ1v) is 8.80. The first kappa shape index (κ1) is 16.7. The van der Waals surface area contributed by atoms with Crippen molar-refractivity contribution in [3.63, 3.8) is 0 Å². The average Bonchev–Trinajstić information content (AvgIpc) is 2.50. The van der Waals surface area contributed by atoms with Gasteiger partial charge in [0.1, 0.15) is 0 Å². The zero-order chi connectivity index (χ0) is 16.2. The van der Waals surface area contributed by atoms with Crippen molar-refractivity contribution in [3.8, 4) is 0 Å². The zero-order valence-corrected chi connectivity index (χ0v) is 14.2. The molecule has 7 heteroatoms. The van der Waals surface area contributed by atoms with Gasteiger partial charge in [0.2, 0.25) is 15.9 Å². The maximum absolute atomic E-state index is 12.1. The van der Waals surface area contributed by atoms with E-state index in [2.05, 4.69) is 26.0 Å². The highest BCUT2D eigenvalue weighted by molar-refractivity contribution is 9.10. The minimum absolute atomic E-state index is 0.123. The van der Waals surface area contributed by atoms with Gasteiger partial charge in [-0.3, -0.25) is 4.79 Å². The Labute approximate surface area is 137 Å². The number of hydrogen-bond donors (Lipinski definition) is 2. The summed E-state index contributed by atoms with van der Waals surface area (Å²) in [5.74, 6) is -0.429. The van der Waals surface area contributed by atoms with Crippen molar-refractivity contribution in [2.75, 3.05) is 5.32 Å². The number of anilines is 1. The van der Waals surface area contributed by atoms with E-state index < -0.39 is 22.0 Å². The Hall–Kier alpha value is -1.70. The molecular formula is C15H15BrN2O3S. The summed E-state index contributed by atoms with van der Waals surface area (Å²) in [6, 6.07) is 14.0. The predicted molar refractivity (Wildman–Crippen MR) is 89.0 cm³/mol. The number of halogens is 1. The molecule has 1 atom stereocenters. The largest absolute Gasteiger partial charge is 0.325 e. The number of amides is 1. The van der Waals surface area contributed by atoms with E-state index in [1.54, 1.807) is 42.5 Å². The average molecular weight is 383 g/mol. The van der Waals surface area contributed by atoms with Crippen molar-refractivity contribution in [2.24, 2.45) is 0 Å². The summed E-state index contributed by atoms with van der Waals surface area (Å²) in [4.78, 5) is 12.2. The summed E-state index contributed by atoms with van der Waals surface area (Å²) < 4.78 is 27.5. The van der Waals surface area contributed by atoms with Gasteiger partial charge >= 0.3 is 0 Å². The highest BCUT2D eigenvalue weighted by atomic mass is 79.9. The lowest BCUT2D eigenvalue weighted by Gasteiger charge is -2.14. The molecule has 0 heterocycles. The van der Waals surface area contributed by atoms with Crippen molar-refractivity contribution in [3.05, 3.63) is 59.1 Å². The van der Waals surface area contributed by atoms with Gasteiger partial charge in [0.25, 0.3) is 0 Å². The number of rotatable bonds is 5. The van der Waals surface area contributed by atoms with E-state index in [0.29, 0.717) is 5.69 Å². The van der Waals surface area contributed by atoms with Crippen LogP contribution in [-0.4, -0.2) is 20.4 Å². The lowest BCUT2D eigenvalue weighted by molar-refractivity contribution is -0.117. The molecule has 0 fully saturated rings. The van der Waals surface area contributed by atoms with E-state index in [9.17, 15) is 13.2 Å².